The van der Waals surface area contributed by atoms with E-state index in [0.29, 0.717) is 5.41 Å². The Balaban J connectivity index is 1.97. The molecule has 0 heterocycles. The molecule has 3 rings (SSSR count). The summed E-state index contributed by atoms with van der Waals surface area (Å²) in [7, 11) is 0. The highest BCUT2D eigenvalue weighted by Gasteiger charge is 2.64. The Morgan fingerprint density at radius 1 is 1.25 bits per heavy atom. The van der Waals surface area contributed by atoms with Crippen LogP contribution in [0.4, 0.5) is 0 Å². The van der Waals surface area contributed by atoms with E-state index in [1.54, 1.807) is 0 Å². The van der Waals surface area contributed by atoms with Crippen molar-refractivity contribution in [3.63, 3.8) is 0 Å². The van der Waals surface area contributed by atoms with Crippen LogP contribution in [-0.4, -0.2) is 5.33 Å². The van der Waals surface area contributed by atoms with Crippen molar-refractivity contribution in [3.05, 3.63) is 0 Å². The number of alkyl halides is 1. The van der Waals surface area contributed by atoms with E-state index in [4.69, 9.17) is 0 Å². The Bertz CT molecular complexity index is 296. The lowest BCUT2D eigenvalue weighted by molar-refractivity contribution is 0.117. The molecule has 16 heavy (non-hydrogen) atoms. The number of rotatable bonds is 1. The van der Waals surface area contributed by atoms with Crippen LogP contribution in [0.25, 0.3) is 0 Å². The molecule has 1 spiro atoms. The second-order valence-corrected chi connectivity index (χ2v) is 8.24. The van der Waals surface area contributed by atoms with Crippen molar-refractivity contribution in [1.29, 1.82) is 0 Å². The van der Waals surface area contributed by atoms with Gasteiger partial charge >= 0.3 is 0 Å². The Morgan fingerprint density at radius 3 is 2.69 bits per heavy atom. The first-order valence-corrected chi connectivity index (χ1v) is 8.18. The lowest BCUT2D eigenvalue weighted by Gasteiger charge is -2.36. The summed E-state index contributed by atoms with van der Waals surface area (Å²) in [5.41, 5.74) is 1.38. The molecule has 3 unspecified atom stereocenters. The fourth-order valence-corrected chi connectivity index (χ4v) is 6.64. The van der Waals surface area contributed by atoms with Gasteiger partial charge < -0.3 is 0 Å². The van der Waals surface area contributed by atoms with Crippen LogP contribution in [0.5, 0.6) is 0 Å². The highest BCUT2D eigenvalue weighted by atomic mass is 79.9. The fourth-order valence-electron chi connectivity index (χ4n) is 5.92. The molecule has 0 aromatic heterocycles. The Morgan fingerprint density at radius 2 is 2.00 bits per heavy atom. The molecule has 3 fully saturated rings. The minimum atomic E-state index is 0.624. The van der Waals surface area contributed by atoms with Crippen molar-refractivity contribution in [2.24, 2.45) is 34.5 Å². The second-order valence-electron chi connectivity index (χ2n) is 7.59. The van der Waals surface area contributed by atoms with Gasteiger partial charge in [0, 0.05) is 5.33 Å². The summed E-state index contributed by atoms with van der Waals surface area (Å²) < 4.78 is 0. The zero-order valence-electron chi connectivity index (χ0n) is 10.9. The van der Waals surface area contributed by atoms with Crippen molar-refractivity contribution in [2.75, 3.05) is 5.33 Å². The summed E-state index contributed by atoms with van der Waals surface area (Å²) >= 11 is 3.77. The topological polar surface area (TPSA) is 0 Å². The maximum absolute atomic E-state index is 3.77. The smallest absolute Gasteiger partial charge is 0.00626 e. The molecule has 92 valence electrons. The SMILES string of the molecule is C[C@@H]1CC[C@H]2C(CBr)CC3CC(C)(C)CC312. The molecule has 0 nitrogen and oxygen atoms in total. The molecule has 3 aliphatic carbocycles. The molecule has 3 aliphatic rings. The Hall–Kier alpha value is 0.480. The predicted molar refractivity (Wildman–Crippen MR) is 72.7 cm³/mol. The summed E-state index contributed by atoms with van der Waals surface area (Å²) in [6.45, 7) is 7.56. The van der Waals surface area contributed by atoms with E-state index in [1.165, 1.54) is 37.4 Å². The summed E-state index contributed by atoms with van der Waals surface area (Å²) in [6, 6.07) is 0. The average Bonchev–Trinajstić information content (AvgIpc) is 2.73. The molecule has 0 radical (unpaired) electrons. The van der Waals surface area contributed by atoms with Crippen molar-refractivity contribution >= 4 is 15.9 Å². The fraction of sp³-hybridized carbons (Fsp3) is 1.00. The zero-order chi connectivity index (χ0) is 11.6. The Kier molecular flexibility index (Phi) is 2.52. The van der Waals surface area contributed by atoms with Gasteiger partial charge in [-0.25, -0.2) is 0 Å². The van der Waals surface area contributed by atoms with Gasteiger partial charge in [-0.1, -0.05) is 36.7 Å². The van der Waals surface area contributed by atoms with Crippen molar-refractivity contribution in [1.82, 2.24) is 0 Å². The molecule has 5 atom stereocenters. The highest BCUT2D eigenvalue weighted by Crippen LogP contribution is 2.72. The van der Waals surface area contributed by atoms with E-state index in [1.807, 2.05) is 0 Å². The molecule has 0 amide bonds. The molecular weight excluding hydrogens is 260 g/mol. The van der Waals surface area contributed by atoms with Gasteiger partial charge in [-0.2, -0.15) is 0 Å². The second kappa shape index (κ2) is 3.49. The van der Waals surface area contributed by atoms with Gasteiger partial charge in [0.05, 0.1) is 0 Å². The van der Waals surface area contributed by atoms with Gasteiger partial charge in [0.1, 0.15) is 0 Å². The van der Waals surface area contributed by atoms with Gasteiger partial charge in [0.15, 0.2) is 0 Å². The predicted octanol–water partition coefficient (Wildman–Crippen LogP) is 4.87. The van der Waals surface area contributed by atoms with Crippen LogP contribution in [0, 0.1) is 34.5 Å². The van der Waals surface area contributed by atoms with Crippen molar-refractivity contribution in [2.45, 2.75) is 52.9 Å². The first kappa shape index (κ1) is 11.6. The number of halogens is 1. The van der Waals surface area contributed by atoms with Gasteiger partial charge in [-0.15, -0.1) is 0 Å². The van der Waals surface area contributed by atoms with Gasteiger partial charge in [-0.3, -0.25) is 0 Å². The average molecular weight is 285 g/mol. The monoisotopic (exact) mass is 284 g/mol. The quantitative estimate of drug-likeness (QED) is 0.603. The maximum atomic E-state index is 3.77. The third-order valence-electron chi connectivity index (χ3n) is 6.22. The third kappa shape index (κ3) is 1.33. The first-order valence-electron chi connectivity index (χ1n) is 7.05. The molecule has 0 aromatic rings. The normalized spacial score (nSPS) is 54.0. The molecule has 1 heteroatoms. The maximum Gasteiger partial charge on any atom is 0.00626 e. The summed E-state index contributed by atoms with van der Waals surface area (Å²) in [6.07, 6.45) is 7.55. The molecule has 3 saturated carbocycles. The molecule has 0 N–H and O–H groups in total. The van der Waals surface area contributed by atoms with Gasteiger partial charge in [0.2, 0.25) is 0 Å². The molecule has 0 saturated heterocycles. The Labute approximate surface area is 109 Å². The van der Waals surface area contributed by atoms with Crippen LogP contribution in [0.1, 0.15) is 52.9 Å². The zero-order valence-corrected chi connectivity index (χ0v) is 12.5. The molecule has 0 aliphatic heterocycles. The largest absolute Gasteiger partial charge is 0.0925 e. The minimum Gasteiger partial charge on any atom is -0.0925 e. The standard InChI is InChI=1S/C15H25Br/c1-10-4-5-13-11(8-16)6-12-7-14(2,3)9-15(10,12)13/h10-13H,4-9H2,1-3H3/t10-,11?,12?,13+,15?/m1/s1. The van der Waals surface area contributed by atoms with Gasteiger partial charge in [0.25, 0.3) is 0 Å². The van der Waals surface area contributed by atoms with E-state index < -0.39 is 0 Å². The molecule has 0 aromatic carbocycles. The summed E-state index contributed by atoms with van der Waals surface area (Å²) in [4.78, 5) is 0. The van der Waals surface area contributed by atoms with Crippen LogP contribution in [0.15, 0.2) is 0 Å². The minimum absolute atomic E-state index is 0.624. The third-order valence-corrected chi connectivity index (χ3v) is 7.05. The van der Waals surface area contributed by atoms with E-state index in [9.17, 15) is 0 Å². The highest BCUT2D eigenvalue weighted by molar-refractivity contribution is 9.09. The van der Waals surface area contributed by atoms with Crippen LogP contribution in [0.2, 0.25) is 0 Å². The van der Waals surface area contributed by atoms with Crippen LogP contribution < -0.4 is 0 Å². The first-order chi connectivity index (χ1) is 7.49. The van der Waals surface area contributed by atoms with Crippen LogP contribution in [0.3, 0.4) is 0 Å². The lowest BCUT2D eigenvalue weighted by Crippen LogP contribution is -2.31. The molecule has 0 bridgehead atoms. The van der Waals surface area contributed by atoms with Crippen molar-refractivity contribution < 1.29 is 0 Å². The van der Waals surface area contributed by atoms with Gasteiger partial charge in [-0.05, 0) is 66.6 Å². The van der Waals surface area contributed by atoms with Crippen LogP contribution >= 0.6 is 15.9 Å². The summed E-state index contributed by atoms with van der Waals surface area (Å²) in [5.74, 6) is 4.08. The molecular formula is C15H25Br. The van der Waals surface area contributed by atoms with E-state index in [-0.39, 0.29) is 0 Å². The summed E-state index contributed by atoms with van der Waals surface area (Å²) in [5, 5.41) is 1.25. The van der Waals surface area contributed by atoms with Crippen molar-refractivity contribution in [3.8, 4) is 0 Å². The van der Waals surface area contributed by atoms with E-state index >= 15 is 0 Å². The van der Waals surface area contributed by atoms with E-state index in [0.717, 1.165) is 29.1 Å². The van der Waals surface area contributed by atoms with E-state index in [2.05, 4.69) is 36.7 Å². The number of hydrogen-bond acceptors (Lipinski definition) is 0. The lowest BCUT2D eigenvalue weighted by atomic mass is 9.68. The van der Waals surface area contributed by atoms with Crippen LogP contribution in [-0.2, 0) is 0 Å². The number of hydrogen-bond donors (Lipinski definition) is 0.